The van der Waals surface area contributed by atoms with Gasteiger partial charge in [0.05, 0.1) is 11.6 Å². The molecule has 0 heterocycles. The summed E-state index contributed by atoms with van der Waals surface area (Å²) in [6.07, 6.45) is -0.802. The number of hydrogen-bond acceptors (Lipinski definition) is 4. The van der Waals surface area contributed by atoms with Crippen molar-refractivity contribution in [3.63, 3.8) is 0 Å². The summed E-state index contributed by atoms with van der Waals surface area (Å²) in [6, 6.07) is 14.2. The van der Waals surface area contributed by atoms with Gasteiger partial charge in [0.15, 0.2) is 6.10 Å². The van der Waals surface area contributed by atoms with Crippen LogP contribution >= 0.6 is 0 Å². The van der Waals surface area contributed by atoms with Crippen molar-refractivity contribution in [2.24, 2.45) is 0 Å². The van der Waals surface area contributed by atoms with E-state index in [0.717, 1.165) is 5.56 Å². The van der Waals surface area contributed by atoms with Gasteiger partial charge in [0.1, 0.15) is 18.2 Å². The van der Waals surface area contributed by atoms with Gasteiger partial charge in [-0.1, -0.05) is 12.1 Å². The van der Waals surface area contributed by atoms with Crippen molar-refractivity contribution < 1.29 is 18.7 Å². The molecule has 0 aromatic heterocycles. The first-order valence-electron chi connectivity index (χ1n) is 6.66. The largest absolute Gasteiger partial charge is 0.479 e. The molecule has 0 N–H and O–H groups in total. The topological polar surface area (TPSA) is 59.3 Å². The third kappa shape index (κ3) is 4.32. The van der Waals surface area contributed by atoms with E-state index < -0.39 is 12.1 Å². The van der Waals surface area contributed by atoms with E-state index >= 15 is 0 Å². The van der Waals surface area contributed by atoms with Crippen LogP contribution in [0.5, 0.6) is 5.75 Å². The summed E-state index contributed by atoms with van der Waals surface area (Å²) in [5, 5.41) is 8.70. The highest BCUT2D eigenvalue weighted by Gasteiger charge is 2.16. The lowest BCUT2D eigenvalue weighted by atomic mass is 10.2. The number of benzene rings is 2. The molecule has 0 aliphatic rings. The van der Waals surface area contributed by atoms with Gasteiger partial charge in [-0.2, -0.15) is 5.26 Å². The van der Waals surface area contributed by atoms with Crippen LogP contribution in [0.15, 0.2) is 48.5 Å². The molecular weight excluding hydrogens is 285 g/mol. The number of nitrogens with zero attached hydrogens (tertiary/aromatic N) is 1. The van der Waals surface area contributed by atoms with E-state index in [4.69, 9.17) is 14.7 Å². The number of halogens is 1. The number of ether oxygens (including phenoxy) is 2. The van der Waals surface area contributed by atoms with Gasteiger partial charge in [-0.3, -0.25) is 0 Å². The number of carbonyl (C=O) groups excluding carboxylic acids is 1. The molecule has 0 bridgehead atoms. The second-order valence-corrected chi connectivity index (χ2v) is 4.63. The minimum absolute atomic E-state index is 0.0989. The third-order valence-corrected chi connectivity index (χ3v) is 2.92. The van der Waals surface area contributed by atoms with Crippen LogP contribution in [0.2, 0.25) is 0 Å². The zero-order chi connectivity index (χ0) is 15.9. The highest BCUT2D eigenvalue weighted by molar-refractivity contribution is 5.74. The zero-order valence-corrected chi connectivity index (χ0v) is 12.0. The van der Waals surface area contributed by atoms with E-state index in [2.05, 4.69) is 0 Å². The van der Waals surface area contributed by atoms with Gasteiger partial charge in [-0.25, -0.2) is 9.18 Å². The Hall–Kier alpha value is -2.87. The molecule has 0 aliphatic heterocycles. The van der Waals surface area contributed by atoms with Crippen LogP contribution in [0.4, 0.5) is 4.39 Å². The summed E-state index contributed by atoms with van der Waals surface area (Å²) in [4.78, 5) is 11.8. The number of esters is 1. The molecule has 0 saturated carbocycles. The van der Waals surface area contributed by atoms with Crippen molar-refractivity contribution in [2.45, 2.75) is 19.6 Å². The molecule has 0 unspecified atom stereocenters. The maximum atomic E-state index is 12.8. The summed E-state index contributed by atoms with van der Waals surface area (Å²) >= 11 is 0. The highest BCUT2D eigenvalue weighted by atomic mass is 19.1. The summed E-state index contributed by atoms with van der Waals surface area (Å²) in [6.45, 7) is 1.66. The standard InChI is InChI=1S/C17H14FNO3/c1-12(22-16-8-6-15(18)7-9-16)17(20)21-11-14-4-2-13(10-19)3-5-14/h2-9,12H,11H2,1H3/t12-/m0/s1. The Balaban J connectivity index is 1.85. The molecule has 0 aliphatic carbocycles. The highest BCUT2D eigenvalue weighted by Crippen LogP contribution is 2.14. The van der Waals surface area contributed by atoms with Crippen LogP contribution in [0.3, 0.4) is 0 Å². The summed E-state index contributed by atoms with van der Waals surface area (Å²) in [7, 11) is 0. The van der Waals surface area contributed by atoms with E-state index in [-0.39, 0.29) is 12.4 Å². The zero-order valence-electron chi connectivity index (χ0n) is 12.0. The van der Waals surface area contributed by atoms with E-state index in [1.165, 1.54) is 24.3 Å². The SMILES string of the molecule is C[C@H](Oc1ccc(F)cc1)C(=O)OCc1ccc(C#N)cc1. The van der Waals surface area contributed by atoms with E-state index in [1.54, 1.807) is 31.2 Å². The van der Waals surface area contributed by atoms with Crippen LogP contribution in [0.1, 0.15) is 18.1 Å². The quantitative estimate of drug-likeness (QED) is 0.795. The maximum Gasteiger partial charge on any atom is 0.347 e. The molecule has 4 nitrogen and oxygen atoms in total. The summed E-state index contributed by atoms with van der Waals surface area (Å²) in [5.41, 5.74) is 1.32. The van der Waals surface area contributed by atoms with E-state index in [1.807, 2.05) is 6.07 Å². The number of nitriles is 1. The molecular formula is C17H14FNO3. The van der Waals surface area contributed by atoms with Crippen molar-refractivity contribution >= 4 is 5.97 Å². The molecule has 2 rings (SSSR count). The minimum Gasteiger partial charge on any atom is -0.479 e. The molecule has 22 heavy (non-hydrogen) atoms. The van der Waals surface area contributed by atoms with Gasteiger partial charge in [-0.05, 0) is 48.9 Å². The molecule has 1 atom stereocenters. The molecule has 5 heteroatoms. The Labute approximate surface area is 127 Å². The first kappa shape index (κ1) is 15.5. The second-order valence-electron chi connectivity index (χ2n) is 4.63. The molecule has 0 radical (unpaired) electrons. The Kier molecular flexibility index (Phi) is 5.10. The molecule has 0 fully saturated rings. The van der Waals surface area contributed by atoms with Crippen molar-refractivity contribution in [1.82, 2.24) is 0 Å². The van der Waals surface area contributed by atoms with Gasteiger partial charge < -0.3 is 9.47 Å². The third-order valence-electron chi connectivity index (χ3n) is 2.92. The fourth-order valence-corrected chi connectivity index (χ4v) is 1.71. The first-order valence-corrected chi connectivity index (χ1v) is 6.66. The summed E-state index contributed by atoms with van der Waals surface area (Å²) in [5.74, 6) is -0.499. The fourth-order valence-electron chi connectivity index (χ4n) is 1.71. The Morgan fingerprint density at radius 1 is 1.18 bits per heavy atom. The molecule has 0 amide bonds. The average Bonchev–Trinajstić information content (AvgIpc) is 2.55. The predicted molar refractivity (Wildman–Crippen MR) is 77.4 cm³/mol. The fraction of sp³-hybridized carbons (Fsp3) is 0.176. The maximum absolute atomic E-state index is 12.8. The second kappa shape index (κ2) is 7.23. The van der Waals surface area contributed by atoms with Gasteiger partial charge >= 0.3 is 5.97 Å². The average molecular weight is 299 g/mol. The van der Waals surface area contributed by atoms with Crippen LogP contribution in [-0.4, -0.2) is 12.1 Å². The van der Waals surface area contributed by atoms with E-state index in [9.17, 15) is 9.18 Å². The first-order chi connectivity index (χ1) is 10.6. The van der Waals surface area contributed by atoms with Crippen LogP contribution < -0.4 is 4.74 Å². The Morgan fingerprint density at radius 3 is 2.41 bits per heavy atom. The molecule has 0 saturated heterocycles. The lowest BCUT2D eigenvalue weighted by Crippen LogP contribution is -2.26. The molecule has 2 aromatic rings. The van der Waals surface area contributed by atoms with Crippen LogP contribution in [0.25, 0.3) is 0 Å². The normalized spacial score (nSPS) is 11.3. The number of carbonyl (C=O) groups is 1. The van der Waals surface area contributed by atoms with Crippen molar-refractivity contribution in [3.8, 4) is 11.8 Å². The van der Waals surface area contributed by atoms with Crippen molar-refractivity contribution in [2.75, 3.05) is 0 Å². The number of rotatable bonds is 5. The van der Waals surface area contributed by atoms with Gasteiger partial charge in [-0.15, -0.1) is 0 Å². The van der Waals surface area contributed by atoms with Crippen LogP contribution in [0, 0.1) is 17.1 Å². The molecule has 112 valence electrons. The van der Waals surface area contributed by atoms with Gasteiger partial charge in [0.25, 0.3) is 0 Å². The van der Waals surface area contributed by atoms with Crippen LogP contribution in [-0.2, 0) is 16.1 Å². The molecule has 2 aromatic carbocycles. The predicted octanol–water partition coefficient (Wildman–Crippen LogP) is 3.21. The Bertz CT molecular complexity index is 675. The van der Waals surface area contributed by atoms with Crippen molar-refractivity contribution in [1.29, 1.82) is 5.26 Å². The Morgan fingerprint density at radius 2 is 1.82 bits per heavy atom. The smallest absolute Gasteiger partial charge is 0.347 e. The number of hydrogen-bond donors (Lipinski definition) is 0. The minimum atomic E-state index is -0.802. The van der Waals surface area contributed by atoms with Gasteiger partial charge in [0, 0.05) is 0 Å². The lowest BCUT2D eigenvalue weighted by molar-refractivity contribution is -0.152. The van der Waals surface area contributed by atoms with Gasteiger partial charge in [0.2, 0.25) is 0 Å². The summed E-state index contributed by atoms with van der Waals surface area (Å²) < 4.78 is 23.3. The lowest BCUT2D eigenvalue weighted by Gasteiger charge is -2.14. The monoisotopic (exact) mass is 299 g/mol. The van der Waals surface area contributed by atoms with Crippen molar-refractivity contribution in [3.05, 3.63) is 65.5 Å². The molecule has 0 spiro atoms. The van der Waals surface area contributed by atoms with E-state index in [0.29, 0.717) is 11.3 Å².